The summed E-state index contributed by atoms with van der Waals surface area (Å²) in [7, 11) is 1.58. The summed E-state index contributed by atoms with van der Waals surface area (Å²) < 4.78 is 6.80. The minimum absolute atomic E-state index is 0.264. The molecule has 26 heavy (non-hydrogen) atoms. The van der Waals surface area contributed by atoms with Crippen molar-refractivity contribution in [1.82, 2.24) is 25.2 Å². The summed E-state index contributed by atoms with van der Waals surface area (Å²) in [5.74, 6) is 0.378. The van der Waals surface area contributed by atoms with E-state index in [1.54, 1.807) is 37.6 Å². The number of tetrazole rings is 1. The predicted molar refractivity (Wildman–Crippen MR) is 95.4 cm³/mol. The lowest BCUT2D eigenvalue weighted by molar-refractivity contribution is 0.102. The van der Waals surface area contributed by atoms with Gasteiger partial charge in [-0.05, 0) is 40.8 Å². The van der Waals surface area contributed by atoms with Crippen molar-refractivity contribution in [3.63, 3.8) is 0 Å². The Bertz CT molecular complexity index is 1080. The van der Waals surface area contributed by atoms with Crippen LogP contribution < -0.4 is 10.1 Å². The lowest BCUT2D eigenvalue weighted by Crippen LogP contribution is -2.13. The summed E-state index contributed by atoms with van der Waals surface area (Å²) in [5.41, 5.74) is 2.44. The number of hydrogen-bond acceptors (Lipinski definition) is 6. The molecule has 4 rings (SSSR count). The molecule has 8 heteroatoms. The number of nitrogens with zero attached hydrogens (tertiary/aromatic N) is 5. The van der Waals surface area contributed by atoms with Crippen LogP contribution in [-0.2, 0) is 0 Å². The zero-order chi connectivity index (χ0) is 17.9. The second kappa shape index (κ2) is 6.60. The summed E-state index contributed by atoms with van der Waals surface area (Å²) in [5, 5.41) is 14.8. The number of pyridine rings is 1. The molecule has 1 amide bonds. The molecule has 0 aliphatic carbocycles. The van der Waals surface area contributed by atoms with Gasteiger partial charge in [0.2, 0.25) is 0 Å². The highest BCUT2D eigenvalue weighted by Crippen LogP contribution is 2.28. The summed E-state index contributed by atoms with van der Waals surface area (Å²) in [4.78, 5) is 17.1. The van der Waals surface area contributed by atoms with Crippen molar-refractivity contribution in [2.24, 2.45) is 0 Å². The number of methoxy groups -OCH3 is 1. The Morgan fingerprint density at radius 1 is 1.15 bits per heavy atom. The van der Waals surface area contributed by atoms with Crippen molar-refractivity contribution in [1.29, 1.82) is 0 Å². The van der Waals surface area contributed by atoms with Crippen LogP contribution >= 0.6 is 0 Å². The number of benzene rings is 2. The molecule has 4 aromatic rings. The van der Waals surface area contributed by atoms with E-state index >= 15 is 0 Å². The first-order valence-corrected chi connectivity index (χ1v) is 7.82. The molecule has 2 aromatic carbocycles. The predicted octanol–water partition coefficient (Wildman–Crippen LogP) is 2.47. The molecule has 0 radical (unpaired) electrons. The number of rotatable bonds is 4. The zero-order valence-corrected chi connectivity index (χ0v) is 13.8. The van der Waals surface area contributed by atoms with Gasteiger partial charge in [-0.15, -0.1) is 5.10 Å². The van der Waals surface area contributed by atoms with Crippen LogP contribution in [-0.4, -0.2) is 38.2 Å². The second-order valence-corrected chi connectivity index (χ2v) is 5.51. The summed E-state index contributed by atoms with van der Waals surface area (Å²) >= 11 is 0. The average molecular weight is 346 g/mol. The molecule has 0 fully saturated rings. The van der Waals surface area contributed by atoms with Crippen molar-refractivity contribution in [3.8, 4) is 11.4 Å². The first-order chi connectivity index (χ1) is 12.7. The number of nitrogens with one attached hydrogen (secondary N) is 1. The van der Waals surface area contributed by atoms with Crippen molar-refractivity contribution in [3.05, 3.63) is 66.6 Å². The van der Waals surface area contributed by atoms with E-state index in [0.29, 0.717) is 28.2 Å². The fourth-order valence-electron chi connectivity index (χ4n) is 2.64. The van der Waals surface area contributed by atoms with Crippen LogP contribution in [0.3, 0.4) is 0 Å². The van der Waals surface area contributed by atoms with Crippen LogP contribution in [0.15, 0.2) is 61.1 Å². The average Bonchev–Trinajstić information content (AvgIpc) is 3.23. The van der Waals surface area contributed by atoms with Gasteiger partial charge in [0.25, 0.3) is 5.91 Å². The Morgan fingerprint density at radius 3 is 2.88 bits per heavy atom. The molecule has 128 valence electrons. The van der Waals surface area contributed by atoms with Crippen LogP contribution in [0.1, 0.15) is 10.4 Å². The number of anilines is 1. The van der Waals surface area contributed by atoms with E-state index in [0.717, 1.165) is 5.39 Å². The monoisotopic (exact) mass is 346 g/mol. The lowest BCUT2D eigenvalue weighted by Gasteiger charge is -2.11. The molecule has 0 bridgehead atoms. The minimum atomic E-state index is -0.264. The Kier molecular flexibility index (Phi) is 3.98. The standard InChI is InChI=1S/C18H14N6O2/c1-26-15-9-12-5-3-7-19-17(12)16(10-15)21-18(25)13-4-2-6-14(8-13)24-11-20-22-23-24/h2-11H,1H3,(H,21,25). The van der Waals surface area contributed by atoms with Gasteiger partial charge in [0.1, 0.15) is 12.1 Å². The molecular weight excluding hydrogens is 332 g/mol. The molecule has 8 nitrogen and oxygen atoms in total. The number of fused-ring (bicyclic) bond motifs is 1. The van der Waals surface area contributed by atoms with E-state index in [1.165, 1.54) is 11.0 Å². The molecular formula is C18H14N6O2. The second-order valence-electron chi connectivity index (χ2n) is 5.51. The topological polar surface area (TPSA) is 94.8 Å². The van der Waals surface area contributed by atoms with Crippen LogP contribution in [0.2, 0.25) is 0 Å². The maximum Gasteiger partial charge on any atom is 0.255 e. The van der Waals surface area contributed by atoms with Gasteiger partial charge in [0.15, 0.2) is 0 Å². The van der Waals surface area contributed by atoms with Gasteiger partial charge in [-0.1, -0.05) is 12.1 Å². The Morgan fingerprint density at radius 2 is 2.08 bits per heavy atom. The highest BCUT2D eigenvalue weighted by atomic mass is 16.5. The number of hydrogen-bond donors (Lipinski definition) is 1. The lowest BCUT2D eigenvalue weighted by atomic mass is 10.1. The molecule has 0 unspecified atom stereocenters. The van der Waals surface area contributed by atoms with E-state index in [4.69, 9.17) is 4.74 Å². The molecule has 2 heterocycles. The Balaban J connectivity index is 1.69. The van der Waals surface area contributed by atoms with E-state index in [1.807, 2.05) is 24.3 Å². The number of carbonyl (C=O) groups is 1. The van der Waals surface area contributed by atoms with Crippen molar-refractivity contribution in [2.75, 3.05) is 12.4 Å². The molecule has 2 aromatic heterocycles. The number of carbonyl (C=O) groups excluding carboxylic acids is 1. The van der Waals surface area contributed by atoms with Gasteiger partial charge in [0.05, 0.1) is 24.0 Å². The van der Waals surface area contributed by atoms with Gasteiger partial charge in [-0.2, -0.15) is 0 Å². The normalized spacial score (nSPS) is 10.7. The van der Waals surface area contributed by atoms with Crippen LogP contribution in [0.4, 0.5) is 5.69 Å². The third kappa shape index (κ3) is 2.95. The SMILES string of the molecule is COc1cc(NC(=O)c2cccc(-n3cnnn3)c2)c2ncccc2c1. The van der Waals surface area contributed by atoms with Crippen molar-refractivity contribution in [2.45, 2.75) is 0 Å². The van der Waals surface area contributed by atoms with Crippen molar-refractivity contribution >= 4 is 22.5 Å². The first kappa shape index (κ1) is 15.7. The molecule has 0 saturated carbocycles. The van der Waals surface area contributed by atoms with Gasteiger partial charge in [0, 0.05) is 23.2 Å². The third-order valence-electron chi connectivity index (χ3n) is 3.88. The Hall–Kier alpha value is -3.81. The number of amides is 1. The van der Waals surface area contributed by atoms with E-state index < -0.39 is 0 Å². The molecule has 1 N–H and O–H groups in total. The molecule has 0 aliphatic heterocycles. The summed E-state index contributed by atoms with van der Waals surface area (Å²) in [6.45, 7) is 0. The van der Waals surface area contributed by atoms with Crippen molar-refractivity contribution < 1.29 is 9.53 Å². The van der Waals surface area contributed by atoms with Crippen LogP contribution in [0, 0.1) is 0 Å². The number of aromatic nitrogens is 5. The number of ether oxygens (including phenoxy) is 1. The molecule has 0 aliphatic rings. The molecule has 0 saturated heterocycles. The van der Waals surface area contributed by atoms with E-state index in [-0.39, 0.29) is 5.91 Å². The maximum atomic E-state index is 12.7. The fraction of sp³-hybridized carbons (Fsp3) is 0.0556. The molecule has 0 spiro atoms. The van der Waals surface area contributed by atoms with Crippen LogP contribution in [0.5, 0.6) is 5.75 Å². The van der Waals surface area contributed by atoms with Gasteiger partial charge >= 0.3 is 0 Å². The summed E-state index contributed by atoms with van der Waals surface area (Å²) in [6, 6.07) is 14.4. The van der Waals surface area contributed by atoms with Gasteiger partial charge in [-0.25, -0.2) is 4.68 Å². The summed E-state index contributed by atoms with van der Waals surface area (Å²) in [6.07, 6.45) is 3.15. The smallest absolute Gasteiger partial charge is 0.255 e. The minimum Gasteiger partial charge on any atom is -0.497 e. The quantitative estimate of drug-likeness (QED) is 0.610. The largest absolute Gasteiger partial charge is 0.497 e. The Labute approximate surface area is 148 Å². The van der Waals surface area contributed by atoms with Crippen LogP contribution in [0.25, 0.3) is 16.6 Å². The van der Waals surface area contributed by atoms with E-state index in [2.05, 4.69) is 25.8 Å². The first-order valence-electron chi connectivity index (χ1n) is 7.82. The van der Waals surface area contributed by atoms with E-state index in [9.17, 15) is 4.79 Å². The van der Waals surface area contributed by atoms with Gasteiger partial charge in [-0.3, -0.25) is 9.78 Å². The third-order valence-corrected chi connectivity index (χ3v) is 3.88. The van der Waals surface area contributed by atoms with Gasteiger partial charge < -0.3 is 10.1 Å². The highest BCUT2D eigenvalue weighted by Gasteiger charge is 2.12. The molecule has 0 atom stereocenters. The fourth-order valence-corrected chi connectivity index (χ4v) is 2.64. The highest BCUT2D eigenvalue weighted by molar-refractivity contribution is 6.08. The zero-order valence-electron chi connectivity index (χ0n) is 13.8. The maximum absolute atomic E-state index is 12.7.